The summed E-state index contributed by atoms with van der Waals surface area (Å²) in [5.74, 6) is 4.88. The van der Waals surface area contributed by atoms with Crippen molar-refractivity contribution in [1.82, 2.24) is 35.4 Å². The lowest BCUT2D eigenvalue weighted by molar-refractivity contribution is -0.253. The lowest BCUT2D eigenvalue weighted by Gasteiger charge is -2.43. The maximum Gasteiger partial charge on any atom is 0.408 e. The fraction of sp³-hybridized carbons (Fsp3) is 0.677. The number of fused-ring (bicyclic) bond motifs is 2. The van der Waals surface area contributed by atoms with Crippen LogP contribution in [0.15, 0.2) is 72.0 Å². The van der Waals surface area contributed by atoms with E-state index in [9.17, 15) is 19.2 Å². The van der Waals surface area contributed by atoms with E-state index in [1.54, 1.807) is 4.68 Å². The zero-order valence-electron chi connectivity index (χ0n) is 49.9. The number of aromatic nitrogens is 3. The number of piperidine rings is 2. The second-order valence-corrected chi connectivity index (χ2v) is 23.7. The molecule has 82 heavy (non-hydrogen) atoms. The fourth-order valence-electron chi connectivity index (χ4n) is 13.1. The zero-order valence-corrected chi connectivity index (χ0v) is 49.9. The molecule has 10 unspecified atom stereocenters. The van der Waals surface area contributed by atoms with Crippen LogP contribution in [0.25, 0.3) is 10.4 Å². The molecule has 18 atom stereocenters. The van der Waals surface area contributed by atoms with Crippen LogP contribution in [0, 0.1) is 59.7 Å². The van der Waals surface area contributed by atoms with E-state index in [0.717, 1.165) is 62.5 Å². The van der Waals surface area contributed by atoms with Crippen LogP contribution < -0.4 is 10.6 Å². The van der Waals surface area contributed by atoms with Gasteiger partial charge in [-0.3, -0.25) is 14.3 Å². The molecular formula is C62H90N10O10. The van der Waals surface area contributed by atoms with Gasteiger partial charge in [-0.2, -0.15) is 0 Å². The van der Waals surface area contributed by atoms with E-state index in [0.29, 0.717) is 61.1 Å². The average molecular weight is 1140 g/mol. The Morgan fingerprint density at radius 2 is 1.16 bits per heavy atom. The number of hydrogen-bond acceptors (Lipinski definition) is 13. The van der Waals surface area contributed by atoms with Gasteiger partial charge in [-0.05, 0) is 111 Å². The molecule has 6 aliphatic heterocycles. The summed E-state index contributed by atoms with van der Waals surface area (Å²) < 4.78 is 36.4. The predicted octanol–water partition coefficient (Wildman–Crippen LogP) is 10.2. The molecule has 20 heteroatoms. The number of benzene rings is 2. The first-order valence-electron chi connectivity index (χ1n) is 29.9. The van der Waals surface area contributed by atoms with Crippen molar-refractivity contribution in [2.75, 3.05) is 13.2 Å². The molecule has 2 aromatic carbocycles. The standard InChI is InChI=1S/C31H45N5O5.C18H23N5O3.C13H22O2/c1-6-27-21(4)20(3)22(5)30(41-27)39-18-25-16-35(34-33-25)15-24-14-26-13-12-19(2)36(26)29(37)28(24)32-31(38)40-17-23-10-8-7-9-11-23;1-12-7-8-15-9-14(10-20-22-19)16(17(24)23(12)15)21-18(25)26-11-13-5-3-2-4-6-13;1-6-8-14-13-11(5)9(3)10(4)12(7-2)15-13/h7-11,16,19-22,24,26-28,30H,6,12-15,17-18H2,1-5H3,(H,32,38);2-6,12,14-16H,7-11H2,1H3,(H,21,25);1,9-13H,7-8H2,2-5H3/t19-,20?,21?,22?,24-,26-,27?,28+,30?;12-,14-,15-,16+;/m11./s1. The molecule has 6 fully saturated rings. The predicted molar refractivity (Wildman–Crippen MR) is 308 cm³/mol. The van der Waals surface area contributed by atoms with Crippen LogP contribution in [0.5, 0.6) is 0 Å². The number of nitrogens with zero attached hydrogens (tertiary/aromatic N) is 8. The summed E-state index contributed by atoms with van der Waals surface area (Å²) in [6.45, 7) is 23.4. The van der Waals surface area contributed by atoms with Gasteiger partial charge in [0.1, 0.15) is 37.6 Å². The van der Waals surface area contributed by atoms with Crippen LogP contribution in [0.3, 0.4) is 0 Å². The summed E-state index contributed by atoms with van der Waals surface area (Å²) in [4.78, 5) is 58.2. The number of nitrogens with one attached hydrogen (secondary N) is 2. The van der Waals surface area contributed by atoms with Crippen molar-refractivity contribution in [1.29, 1.82) is 0 Å². The quantitative estimate of drug-likeness (QED) is 0.0556. The van der Waals surface area contributed by atoms with Crippen molar-refractivity contribution < 1.29 is 47.6 Å². The van der Waals surface area contributed by atoms with Gasteiger partial charge in [0.25, 0.3) is 0 Å². The van der Waals surface area contributed by atoms with Crippen LogP contribution >= 0.6 is 0 Å². The van der Waals surface area contributed by atoms with E-state index in [1.165, 1.54) is 0 Å². The third-order valence-electron chi connectivity index (χ3n) is 18.6. The molecule has 0 spiro atoms. The van der Waals surface area contributed by atoms with Crippen molar-refractivity contribution in [2.24, 2.45) is 52.5 Å². The molecule has 0 saturated carbocycles. The number of alkyl carbamates (subject to hydrolysis) is 2. The summed E-state index contributed by atoms with van der Waals surface area (Å²) in [5, 5.41) is 17.9. The molecular weight excluding hydrogens is 1040 g/mol. The summed E-state index contributed by atoms with van der Waals surface area (Å²) in [6, 6.07) is 18.1. The second kappa shape index (κ2) is 30.4. The van der Waals surface area contributed by atoms with Crippen molar-refractivity contribution >= 4 is 24.0 Å². The molecule has 0 radical (unpaired) electrons. The van der Waals surface area contributed by atoms with E-state index < -0.39 is 24.3 Å². The molecule has 0 bridgehead atoms. The lowest BCUT2D eigenvalue weighted by Crippen LogP contribution is -2.60. The molecule has 9 rings (SSSR count). The summed E-state index contributed by atoms with van der Waals surface area (Å²) in [5.41, 5.74) is 11.1. The first kappa shape index (κ1) is 63.4. The Kier molecular flexibility index (Phi) is 23.5. The molecule has 1 aromatic heterocycles. The lowest BCUT2D eigenvalue weighted by atomic mass is 9.78. The largest absolute Gasteiger partial charge is 0.445 e. The molecule has 20 nitrogen and oxygen atoms in total. The summed E-state index contributed by atoms with van der Waals surface area (Å²) in [7, 11) is 0. The highest BCUT2D eigenvalue weighted by atomic mass is 16.7. The van der Waals surface area contributed by atoms with Gasteiger partial charge in [-0.1, -0.05) is 132 Å². The minimum Gasteiger partial charge on any atom is -0.445 e. The number of terminal acetylenes is 1. The van der Waals surface area contributed by atoms with Gasteiger partial charge < -0.3 is 48.9 Å². The molecule has 4 amide bonds. The maximum atomic E-state index is 13.6. The second-order valence-electron chi connectivity index (χ2n) is 23.7. The number of carbonyl (C=O) groups is 4. The SMILES string of the molecule is C#CCOC1OC(CC)C(C)C(C)C1C.CCC1OC(OCc2cn(C[C@H]3C[C@H]4CC[C@@H](C)N4C(=O)[C@H]3NC(=O)OCc3ccccc3)nn2)C(C)C(C)C1C.C[C@@H]1CC[C@@H]2C[C@H](CN=[N+]=[N-])[C@H](NC(=O)OCc3ccccc3)C(=O)N21. The topological polar surface area (TPSA) is 234 Å². The molecule has 6 aliphatic rings. The monoisotopic (exact) mass is 1130 g/mol. The highest BCUT2D eigenvalue weighted by molar-refractivity contribution is 5.88. The van der Waals surface area contributed by atoms with Crippen molar-refractivity contribution in [3.8, 4) is 12.3 Å². The number of hydrogen-bond donors (Lipinski definition) is 2. The Labute approximate surface area is 485 Å². The first-order valence-corrected chi connectivity index (χ1v) is 29.9. The van der Waals surface area contributed by atoms with Gasteiger partial charge in [-0.15, -0.1) is 11.5 Å². The third kappa shape index (κ3) is 16.1. The van der Waals surface area contributed by atoms with E-state index in [2.05, 4.69) is 99.2 Å². The van der Waals surface area contributed by atoms with Gasteiger partial charge in [0.05, 0.1) is 25.0 Å². The van der Waals surface area contributed by atoms with Gasteiger partial charge in [-0.25, -0.2) is 9.59 Å². The van der Waals surface area contributed by atoms with E-state index in [1.807, 2.05) is 83.6 Å². The minimum atomic E-state index is -0.722. The highest BCUT2D eigenvalue weighted by Crippen LogP contribution is 2.40. The van der Waals surface area contributed by atoms with Crippen LogP contribution in [0.2, 0.25) is 0 Å². The number of ether oxygens (including phenoxy) is 6. The number of rotatable bonds is 17. The number of amides is 4. The van der Waals surface area contributed by atoms with Gasteiger partial charge >= 0.3 is 12.2 Å². The molecule has 3 aromatic rings. The molecule has 0 aliphatic carbocycles. The number of carbonyl (C=O) groups excluding carboxylic acids is 4. The smallest absolute Gasteiger partial charge is 0.408 e. The first-order chi connectivity index (χ1) is 39.5. The van der Waals surface area contributed by atoms with Gasteiger partial charge in [0.2, 0.25) is 11.8 Å². The van der Waals surface area contributed by atoms with Gasteiger partial charge in [0.15, 0.2) is 12.6 Å². The Hall–Kier alpha value is -6.23. The Bertz CT molecular complexity index is 2610. The molecule has 2 N–H and O–H groups in total. The van der Waals surface area contributed by atoms with Gasteiger partial charge in [0, 0.05) is 59.9 Å². The number of azide groups is 1. The van der Waals surface area contributed by atoms with Crippen LogP contribution in [0.4, 0.5) is 9.59 Å². The van der Waals surface area contributed by atoms with Crippen molar-refractivity contribution in [2.45, 2.75) is 208 Å². The molecule has 448 valence electrons. The van der Waals surface area contributed by atoms with Crippen molar-refractivity contribution in [3.63, 3.8) is 0 Å². The Balaban J connectivity index is 0.000000200. The van der Waals surface area contributed by atoms with Crippen LogP contribution in [-0.2, 0) is 64.4 Å². The summed E-state index contributed by atoms with van der Waals surface area (Å²) in [6.07, 6.45) is 13.3. The van der Waals surface area contributed by atoms with E-state index in [-0.39, 0.29) is 92.2 Å². The Morgan fingerprint density at radius 3 is 1.63 bits per heavy atom. The minimum absolute atomic E-state index is 0.0474. The maximum absolute atomic E-state index is 13.6. The normalized spacial score (nSPS) is 32.9. The van der Waals surface area contributed by atoms with E-state index >= 15 is 0 Å². The van der Waals surface area contributed by atoms with Crippen LogP contribution in [0.1, 0.15) is 137 Å². The molecule has 7 heterocycles. The van der Waals surface area contributed by atoms with Crippen molar-refractivity contribution in [3.05, 3.63) is 94.1 Å². The fourth-order valence-corrected chi connectivity index (χ4v) is 13.1. The van der Waals surface area contributed by atoms with E-state index in [4.69, 9.17) is 40.4 Å². The zero-order chi connectivity index (χ0) is 59.0. The summed E-state index contributed by atoms with van der Waals surface area (Å²) >= 11 is 0. The van der Waals surface area contributed by atoms with Crippen LogP contribution in [-0.4, -0.2) is 123 Å². The average Bonchev–Trinajstić information content (AvgIpc) is 3.75. The molecule has 6 saturated heterocycles. The third-order valence-corrected chi connectivity index (χ3v) is 18.6. The highest BCUT2D eigenvalue weighted by Gasteiger charge is 2.49. The Morgan fingerprint density at radius 1 is 0.683 bits per heavy atom.